The Balaban J connectivity index is 2.09. The minimum absolute atomic E-state index is 0.0806. The van der Waals surface area contributed by atoms with E-state index in [-0.39, 0.29) is 11.3 Å². The van der Waals surface area contributed by atoms with Gasteiger partial charge in [-0.25, -0.2) is 13.4 Å². The minimum Gasteiger partial charge on any atom is -0.323 e. The van der Waals surface area contributed by atoms with Gasteiger partial charge in [-0.2, -0.15) is 0 Å². The van der Waals surface area contributed by atoms with Gasteiger partial charge in [0, 0.05) is 17.8 Å². The van der Waals surface area contributed by atoms with Crippen LogP contribution in [-0.4, -0.2) is 24.4 Å². The first-order chi connectivity index (χ1) is 7.99. The smallest absolute Gasteiger partial charge is 0.153 e. The van der Waals surface area contributed by atoms with Crippen molar-refractivity contribution < 1.29 is 8.42 Å². The van der Waals surface area contributed by atoms with E-state index in [9.17, 15) is 8.42 Å². The number of sulfone groups is 1. The van der Waals surface area contributed by atoms with Crippen molar-refractivity contribution in [2.24, 2.45) is 5.73 Å². The topological polar surface area (TPSA) is 73.1 Å². The van der Waals surface area contributed by atoms with Gasteiger partial charge in [0.2, 0.25) is 0 Å². The highest BCUT2D eigenvalue weighted by atomic mass is 32.2. The van der Waals surface area contributed by atoms with E-state index in [4.69, 9.17) is 5.73 Å². The van der Waals surface area contributed by atoms with Gasteiger partial charge >= 0.3 is 0 Å². The molecule has 0 radical (unpaired) electrons. The molecule has 1 fully saturated rings. The average Bonchev–Trinajstić information content (AvgIpc) is 2.70. The number of thiazole rings is 1. The SMILES string of the molecule is CC(N)c1csc(CC2CCCCS2(=O)=O)n1. The van der Waals surface area contributed by atoms with Crippen molar-refractivity contribution in [2.75, 3.05) is 5.75 Å². The molecular weight excluding hydrogens is 256 g/mol. The highest BCUT2D eigenvalue weighted by Gasteiger charge is 2.29. The monoisotopic (exact) mass is 274 g/mol. The van der Waals surface area contributed by atoms with Crippen LogP contribution in [-0.2, 0) is 16.3 Å². The molecule has 0 saturated carbocycles. The quantitative estimate of drug-likeness (QED) is 0.910. The Morgan fingerprint density at radius 3 is 2.94 bits per heavy atom. The largest absolute Gasteiger partial charge is 0.323 e. The standard InChI is InChI=1S/C11H18N2O2S2/c1-8(12)10-7-16-11(13-10)6-9-4-2-3-5-17(9,14)15/h7-9H,2-6,12H2,1H3. The molecule has 2 heterocycles. The predicted molar refractivity (Wildman–Crippen MR) is 69.8 cm³/mol. The highest BCUT2D eigenvalue weighted by molar-refractivity contribution is 7.92. The molecule has 96 valence electrons. The van der Waals surface area contributed by atoms with Gasteiger partial charge in [0.05, 0.1) is 21.7 Å². The van der Waals surface area contributed by atoms with Crippen molar-refractivity contribution in [3.05, 3.63) is 16.1 Å². The maximum atomic E-state index is 11.9. The second-order valence-electron chi connectivity index (χ2n) is 4.64. The molecule has 4 nitrogen and oxygen atoms in total. The van der Waals surface area contributed by atoms with Gasteiger partial charge in [-0.1, -0.05) is 6.42 Å². The Hall–Kier alpha value is -0.460. The molecular formula is C11H18N2O2S2. The lowest BCUT2D eigenvalue weighted by Gasteiger charge is -2.21. The van der Waals surface area contributed by atoms with Crippen LogP contribution in [0.15, 0.2) is 5.38 Å². The van der Waals surface area contributed by atoms with Crippen molar-refractivity contribution >= 4 is 21.2 Å². The molecule has 1 aromatic heterocycles. The molecule has 1 aromatic rings. The van der Waals surface area contributed by atoms with Crippen LogP contribution in [0.3, 0.4) is 0 Å². The van der Waals surface area contributed by atoms with E-state index in [2.05, 4.69) is 4.98 Å². The van der Waals surface area contributed by atoms with Crippen molar-refractivity contribution in [3.8, 4) is 0 Å². The lowest BCUT2D eigenvalue weighted by atomic mass is 10.1. The fourth-order valence-corrected chi connectivity index (χ4v) is 5.04. The summed E-state index contributed by atoms with van der Waals surface area (Å²) in [4.78, 5) is 4.40. The third-order valence-electron chi connectivity index (χ3n) is 3.15. The summed E-state index contributed by atoms with van der Waals surface area (Å²) in [5, 5.41) is 2.59. The Bertz CT molecular complexity index is 479. The molecule has 1 saturated heterocycles. The Morgan fingerprint density at radius 1 is 1.59 bits per heavy atom. The summed E-state index contributed by atoms with van der Waals surface area (Å²) in [7, 11) is -2.90. The fourth-order valence-electron chi connectivity index (χ4n) is 2.07. The van der Waals surface area contributed by atoms with E-state index in [0.29, 0.717) is 12.2 Å². The summed E-state index contributed by atoms with van der Waals surface area (Å²) in [6.07, 6.45) is 3.15. The van der Waals surface area contributed by atoms with Crippen LogP contribution >= 0.6 is 11.3 Å². The molecule has 17 heavy (non-hydrogen) atoms. The highest BCUT2D eigenvalue weighted by Crippen LogP contribution is 2.25. The van der Waals surface area contributed by atoms with Crippen LogP contribution < -0.4 is 5.73 Å². The van der Waals surface area contributed by atoms with Gasteiger partial charge in [-0.3, -0.25) is 0 Å². The zero-order valence-corrected chi connectivity index (χ0v) is 11.6. The Labute approximate surface area is 106 Å². The molecule has 1 aliphatic heterocycles. The van der Waals surface area contributed by atoms with Gasteiger partial charge in [0.15, 0.2) is 9.84 Å². The Kier molecular flexibility index (Phi) is 3.85. The van der Waals surface area contributed by atoms with Crippen molar-refractivity contribution in [2.45, 2.75) is 43.9 Å². The predicted octanol–water partition coefficient (Wildman–Crippen LogP) is 1.67. The molecule has 0 spiro atoms. The minimum atomic E-state index is -2.90. The molecule has 2 unspecified atom stereocenters. The van der Waals surface area contributed by atoms with Gasteiger partial charge in [-0.15, -0.1) is 11.3 Å². The maximum absolute atomic E-state index is 11.9. The van der Waals surface area contributed by atoms with Gasteiger partial charge < -0.3 is 5.73 Å². The van der Waals surface area contributed by atoms with Crippen LogP contribution in [0.4, 0.5) is 0 Å². The average molecular weight is 274 g/mol. The van der Waals surface area contributed by atoms with Gasteiger partial charge in [0.25, 0.3) is 0 Å². The van der Waals surface area contributed by atoms with Crippen LogP contribution in [0.2, 0.25) is 0 Å². The second-order valence-corrected chi connectivity index (χ2v) is 7.99. The van der Waals surface area contributed by atoms with E-state index in [1.54, 1.807) is 0 Å². The first-order valence-electron chi connectivity index (χ1n) is 5.90. The summed E-state index contributed by atoms with van der Waals surface area (Å²) in [5.74, 6) is 0.336. The zero-order chi connectivity index (χ0) is 12.5. The molecule has 6 heteroatoms. The molecule has 1 aliphatic rings. The van der Waals surface area contributed by atoms with Crippen molar-refractivity contribution in [1.29, 1.82) is 0 Å². The van der Waals surface area contributed by atoms with E-state index >= 15 is 0 Å². The van der Waals surface area contributed by atoms with Crippen LogP contribution in [0.1, 0.15) is 42.9 Å². The molecule has 0 amide bonds. The molecule has 0 bridgehead atoms. The Morgan fingerprint density at radius 2 is 2.35 bits per heavy atom. The summed E-state index contributed by atoms with van der Waals surface area (Å²) in [6.45, 7) is 1.89. The van der Waals surface area contributed by atoms with Crippen LogP contribution in [0.5, 0.6) is 0 Å². The molecule has 2 rings (SSSR count). The summed E-state index contributed by atoms with van der Waals surface area (Å²) in [6, 6.07) is -0.0806. The maximum Gasteiger partial charge on any atom is 0.153 e. The number of nitrogens with zero attached hydrogens (tertiary/aromatic N) is 1. The second kappa shape index (κ2) is 5.04. The summed E-state index contributed by atoms with van der Waals surface area (Å²) >= 11 is 1.52. The summed E-state index contributed by atoms with van der Waals surface area (Å²) < 4.78 is 23.8. The fraction of sp³-hybridized carbons (Fsp3) is 0.727. The number of rotatable bonds is 3. The van der Waals surface area contributed by atoms with E-state index in [0.717, 1.165) is 30.0 Å². The van der Waals surface area contributed by atoms with Crippen molar-refractivity contribution in [3.63, 3.8) is 0 Å². The van der Waals surface area contributed by atoms with Gasteiger partial charge in [0.1, 0.15) is 0 Å². The van der Waals surface area contributed by atoms with E-state index in [1.165, 1.54) is 11.3 Å². The molecule has 2 N–H and O–H groups in total. The summed E-state index contributed by atoms with van der Waals surface area (Å²) in [5.41, 5.74) is 6.60. The van der Waals surface area contributed by atoms with E-state index < -0.39 is 9.84 Å². The van der Waals surface area contributed by atoms with Crippen molar-refractivity contribution in [1.82, 2.24) is 4.98 Å². The third kappa shape index (κ3) is 3.05. The number of aromatic nitrogens is 1. The molecule has 0 aromatic carbocycles. The lowest BCUT2D eigenvalue weighted by Crippen LogP contribution is -2.30. The van der Waals surface area contributed by atoms with Gasteiger partial charge in [-0.05, 0) is 19.8 Å². The first kappa shape index (κ1) is 13.0. The number of hydrogen-bond acceptors (Lipinski definition) is 5. The lowest BCUT2D eigenvalue weighted by molar-refractivity contribution is 0.537. The van der Waals surface area contributed by atoms with Crippen LogP contribution in [0, 0.1) is 0 Å². The molecule has 2 atom stereocenters. The number of hydrogen-bond donors (Lipinski definition) is 1. The normalized spacial score (nSPS) is 25.6. The molecule has 0 aliphatic carbocycles. The zero-order valence-electron chi connectivity index (χ0n) is 9.93. The van der Waals surface area contributed by atoms with E-state index in [1.807, 2.05) is 12.3 Å². The number of nitrogens with two attached hydrogens (primary N) is 1. The third-order valence-corrected chi connectivity index (χ3v) is 6.32. The van der Waals surface area contributed by atoms with Crippen LogP contribution in [0.25, 0.3) is 0 Å². The first-order valence-corrected chi connectivity index (χ1v) is 8.50.